The van der Waals surface area contributed by atoms with Gasteiger partial charge in [0.2, 0.25) is 0 Å². The van der Waals surface area contributed by atoms with Crippen LogP contribution in [0.4, 0.5) is 5.69 Å². The second-order valence-corrected chi connectivity index (χ2v) is 4.93. The van der Waals surface area contributed by atoms with E-state index in [0.29, 0.717) is 11.7 Å². The van der Waals surface area contributed by atoms with E-state index in [1.165, 1.54) is 0 Å². The molecule has 2 N–H and O–H groups in total. The fourth-order valence-corrected chi connectivity index (χ4v) is 2.06. The number of rotatable bonds is 6. The van der Waals surface area contributed by atoms with E-state index < -0.39 is 0 Å². The number of benzene rings is 2. The van der Waals surface area contributed by atoms with Crippen LogP contribution in [0.5, 0.6) is 11.5 Å². The Balaban J connectivity index is 1.88. The maximum atomic E-state index is 5.39. The van der Waals surface area contributed by atoms with E-state index in [-0.39, 0.29) is 0 Å². The van der Waals surface area contributed by atoms with Crippen molar-refractivity contribution in [2.75, 3.05) is 19.0 Å². The Morgan fingerprint density at radius 1 is 1.17 bits per heavy atom. The third-order valence-corrected chi connectivity index (χ3v) is 3.13. The van der Waals surface area contributed by atoms with E-state index in [2.05, 4.69) is 15.8 Å². The van der Waals surface area contributed by atoms with Gasteiger partial charge >= 0.3 is 0 Å². The molecule has 0 fully saturated rings. The Labute approximate surface area is 141 Å². The van der Waals surface area contributed by atoms with E-state index in [4.69, 9.17) is 21.7 Å². The van der Waals surface area contributed by atoms with Gasteiger partial charge in [-0.05, 0) is 55.5 Å². The van der Waals surface area contributed by atoms with E-state index in [9.17, 15) is 0 Å². The van der Waals surface area contributed by atoms with E-state index in [1.54, 1.807) is 13.3 Å². The van der Waals surface area contributed by atoms with Gasteiger partial charge in [-0.3, -0.25) is 5.43 Å². The molecule has 120 valence electrons. The molecule has 0 aliphatic rings. The van der Waals surface area contributed by atoms with Crippen LogP contribution in [0.25, 0.3) is 0 Å². The molecule has 0 heterocycles. The van der Waals surface area contributed by atoms with Crippen LogP contribution in [0.15, 0.2) is 53.6 Å². The molecule has 2 aromatic rings. The van der Waals surface area contributed by atoms with Crippen LogP contribution in [0, 0.1) is 0 Å². The maximum absolute atomic E-state index is 5.39. The topological polar surface area (TPSA) is 54.9 Å². The molecule has 0 unspecified atom stereocenters. The number of nitrogens with zero attached hydrogens (tertiary/aromatic N) is 1. The average molecular weight is 329 g/mol. The molecule has 2 aromatic carbocycles. The first-order chi connectivity index (χ1) is 11.2. The summed E-state index contributed by atoms with van der Waals surface area (Å²) in [5.41, 5.74) is 4.50. The zero-order valence-corrected chi connectivity index (χ0v) is 13.9. The summed E-state index contributed by atoms with van der Waals surface area (Å²) in [6.07, 6.45) is 1.66. The van der Waals surface area contributed by atoms with Gasteiger partial charge in [-0.15, -0.1) is 0 Å². The van der Waals surface area contributed by atoms with Crippen molar-refractivity contribution in [2.45, 2.75) is 6.92 Å². The number of ether oxygens (including phenoxy) is 2. The molecule has 0 aliphatic carbocycles. The predicted molar refractivity (Wildman–Crippen MR) is 97.6 cm³/mol. The molecule has 23 heavy (non-hydrogen) atoms. The summed E-state index contributed by atoms with van der Waals surface area (Å²) in [5.74, 6) is 1.58. The molecule has 0 amide bonds. The van der Waals surface area contributed by atoms with Gasteiger partial charge in [0.05, 0.1) is 19.9 Å². The number of methoxy groups -OCH3 is 1. The normalized spacial score (nSPS) is 10.3. The molecule has 0 saturated heterocycles. The van der Waals surface area contributed by atoms with Gasteiger partial charge in [-0.1, -0.05) is 12.1 Å². The first kappa shape index (κ1) is 16.8. The van der Waals surface area contributed by atoms with Crippen LogP contribution in [-0.4, -0.2) is 25.0 Å². The van der Waals surface area contributed by atoms with Crippen LogP contribution in [0.3, 0.4) is 0 Å². The number of hydrogen-bond acceptors (Lipinski definition) is 4. The molecule has 5 nitrogen and oxygen atoms in total. The zero-order chi connectivity index (χ0) is 16.5. The number of para-hydroxylation sites is 1. The smallest absolute Gasteiger partial charge is 0.191 e. The van der Waals surface area contributed by atoms with Crippen molar-refractivity contribution in [1.29, 1.82) is 0 Å². The monoisotopic (exact) mass is 329 g/mol. The standard InChI is InChI=1S/C17H19N3O2S/c1-3-22-15-10-8-14(9-11-15)19-17(23)20-18-12-13-6-4-5-7-16(13)21-2/h4-12H,3H2,1-2H3,(H2,19,20,23)/b18-12-. The molecule has 0 saturated carbocycles. The van der Waals surface area contributed by atoms with Gasteiger partial charge in [-0.2, -0.15) is 5.10 Å². The highest BCUT2D eigenvalue weighted by molar-refractivity contribution is 7.80. The summed E-state index contributed by atoms with van der Waals surface area (Å²) in [4.78, 5) is 0. The molecule has 0 aliphatic heterocycles. The van der Waals surface area contributed by atoms with E-state index in [0.717, 1.165) is 22.7 Å². The quantitative estimate of drug-likeness (QED) is 0.483. The van der Waals surface area contributed by atoms with Crippen LogP contribution in [0.2, 0.25) is 0 Å². The maximum Gasteiger partial charge on any atom is 0.191 e. The molecular weight excluding hydrogens is 310 g/mol. The Hall–Kier alpha value is -2.60. The second-order valence-electron chi connectivity index (χ2n) is 4.52. The highest BCUT2D eigenvalue weighted by atomic mass is 32.1. The Kier molecular flexibility index (Phi) is 6.38. The molecule has 0 spiro atoms. The predicted octanol–water partition coefficient (Wildman–Crippen LogP) is 3.41. The zero-order valence-electron chi connectivity index (χ0n) is 13.1. The molecule has 6 heteroatoms. The number of anilines is 1. The van der Waals surface area contributed by atoms with E-state index in [1.807, 2.05) is 55.5 Å². The minimum Gasteiger partial charge on any atom is -0.496 e. The van der Waals surface area contributed by atoms with Crippen LogP contribution in [0.1, 0.15) is 12.5 Å². The summed E-state index contributed by atoms with van der Waals surface area (Å²) < 4.78 is 10.6. The van der Waals surface area contributed by atoms with Crippen LogP contribution >= 0.6 is 12.2 Å². The second kappa shape index (κ2) is 8.75. The van der Waals surface area contributed by atoms with E-state index >= 15 is 0 Å². The minimum atomic E-state index is 0.403. The summed E-state index contributed by atoms with van der Waals surface area (Å²) in [6.45, 7) is 2.59. The fraction of sp³-hybridized carbons (Fsp3) is 0.176. The SMILES string of the molecule is CCOc1ccc(NC(=S)N/N=C\c2ccccc2OC)cc1. The lowest BCUT2D eigenvalue weighted by Crippen LogP contribution is -2.23. The number of hydrazone groups is 1. The molecule has 0 bridgehead atoms. The van der Waals surface area contributed by atoms with Crippen LogP contribution < -0.4 is 20.2 Å². The van der Waals surface area contributed by atoms with Crippen molar-refractivity contribution in [2.24, 2.45) is 5.10 Å². The van der Waals surface area contributed by atoms with Crippen molar-refractivity contribution in [3.8, 4) is 11.5 Å². The van der Waals surface area contributed by atoms with Crippen molar-refractivity contribution >= 4 is 29.2 Å². The minimum absolute atomic E-state index is 0.403. The third kappa shape index (κ3) is 5.27. The Morgan fingerprint density at radius 2 is 1.91 bits per heavy atom. The molecule has 0 radical (unpaired) electrons. The first-order valence-corrected chi connectivity index (χ1v) is 7.59. The molecule has 0 atom stereocenters. The molecule has 0 aromatic heterocycles. The largest absolute Gasteiger partial charge is 0.496 e. The van der Waals surface area contributed by atoms with Crippen LogP contribution in [-0.2, 0) is 0 Å². The number of thiocarbonyl (C=S) groups is 1. The lowest BCUT2D eigenvalue weighted by Gasteiger charge is -2.08. The Morgan fingerprint density at radius 3 is 2.61 bits per heavy atom. The van der Waals surface area contributed by atoms with Gasteiger partial charge in [0.1, 0.15) is 11.5 Å². The lowest BCUT2D eigenvalue weighted by atomic mass is 10.2. The highest BCUT2D eigenvalue weighted by Crippen LogP contribution is 2.16. The van der Waals surface area contributed by atoms with Gasteiger partial charge in [0.25, 0.3) is 0 Å². The number of nitrogens with one attached hydrogen (secondary N) is 2. The highest BCUT2D eigenvalue weighted by Gasteiger charge is 1.99. The number of hydrogen-bond donors (Lipinski definition) is 2. The van der Waals surface area contributed by atoms with Crippen molar-refractivity contribution in [3.63, 3.8) is 0 Å². The van der Waals surface area contributed by atoms with Crippen molar-refractivity contribution in [1.82, 2.24) is 5.43 Å². The fourth-order valence-electron chi connectivity index (χ4n) is 1.89. The summed E-state index contributed by atoms with van der Waals surface area (Å²) in [6, 6.07) is 15.2. The van der Waals surface area contributed by atoms with Gasteiger partial charge in [-0.25, -0.2) is 0 Å². The Bertz CT molecular complexity index is 672. The third-order valence-electron chi connectivity index (χ3n) is 2.93. The summed E-state index contributed by atoms with van der Waals surface area (Å²) in [7, 11) is 1.62. The average Bonchev–Trinajstić information content (AvgIpc) is 2.57. The van der Waals surface area contributed by atoms with Crippen molar-refractivity contribution in [3.05, 3.63) is 54.1 Å². The van der Waals surface area contributed by atoms with Gasteiger partial charge in [0, 0.05) is 11.3 Å². The van der Waals surface area contributed by atoms with Gasteiger partial charge in [0.15, 0.2) is 5.11 Å². The molecular formula is C17H19N3O2S. The van der Waals surface area contributed by atoms with Gasteiger partial charge < -0.3 is 14.8 Å². The lowest BCUT2D eigenvalue weighted by molar-refractivity contribution is 0.340. The summed E-state index contributed by atoms with van der Waals surface area (Å²) in [5, 5.41) is 7.56. The van der Waals surface area contributed by atoms with Crippen molar-refractivity contribution < 1.29 is 9.47 Å². The summed E-state index contributed by atoms with van der Waals surface area (Å²) >= 11 is 5.20. The first-order valence-electron chi connectivity index (χ1n) is 7.19. The molecule has 2 rings (SSSR count).